The molecule has 1 amide bonds. The highest BCUT2D eigenvalue weighted by Gasteiger charge is 2.22. The van der Waals surface area contributed by atoms with Crippen LogP contribution in [0.4, 0.5) is 0 Å². The quantitative estimate of drug-likeness (QED) is 0.729. The fourth-order valence-corrected chi connectivity index (χ4v) is 2.58. The van der Waals surface area contributed by atoms with E-state index in [1.165, 1.54) is 12.4 Å². The Bertz CT molecular complexity index is 413. The van der Waals surface area contributed by atoms with Gasteiger partial charge in [0.1, 0.15) is 10.8 Å². The highest BCUT2D eigenvalue weighted by atomic mass is 35.5. The van der Waals surface area contributed by atoms with Crippen molar-refractivity contribution in [2.24, 2.45) is 0 Å². The highest BCUT2D eigenvalue weighted by Crippen LogP contribution is 2.07. The van der Waals surface area contributed by atoms with Crippen LogP contribution in [0.2, 0.25) is 5.15 Å². The molecule has 1 aliphatic heterocycles. The van der Waals surface area contributed by atoms with Crippen molar-refractivity contribution < 1.29 is 9.00 Å². The lowest BCUT2D eigenvalue weighted by Crippen LogP contribution is -2.42. The number of nitrogens with zero attached hydrogens (tertiary/aromatic N) is 3. The average Bonchev–Trinajstić information content (AvgIpc) is 2.30. The lowest BCUT2D eigenvalue weighted by Gasteiger charge is -2.25. The summed E-state index contributed by atoms with van der Waals surface area (Å²) in [5.74, 6) is 0.889. The van der Waals surface area contributed by atoms with E-state index in [4.69, 9.17) is 11.6 Å². The molecule has 0 N–H and O–H groups in total. The van der Waals surface area contributed by atoms with Crippen molar-refractivity contribution in [2.75, 3.05) is 24.6 Å². The van der Waals surface area contributed by atoms with Gasteiger partial charge in [-0.15, -0.1) is 0 Å². The molecular weight excluding hydrogens is 250 g/mol. The van der Waals surface area contributed by atoms with Crippen LogP contribution < -0.4 is 0 Å². The maximum Gasteiger partial charge on any atom is 0.274 e. The minimum absolute atomic E-state index is 0.180. The third kappa shape index (κ3) is 2.56. The zero-order valence-electron chi connectivity index (χ0n) is 8.43. The van der Waals surface area contributed by atoms with Crippen LogP contribution in [0.25, 0.3) is 0 Å². The number of hydrogen-bond donors (Lipinski definition) is 0. The maximum atomic E-state index is 11.9. The summed E-state index contributed by atoms with van der Waals surface area (Å²) in [5, 5.41) is 0.260. The molecule has 0 saturated carbocycles. The van der Waals surface area contributed by atoms with Gasteiger partial charge in [0.05, 0.1) is 12.4 Å². The van der Waals surface area contributed by atoms with Crippen LogP contribution in [-0.2, 0) is 10.8 Å². The number of carbonyl (C=O) groups excluding carboxylic acids is 1. The Morgan fingerprint density at radius 2 is 2.00 bits per heavy atom. The lowest BCUT2D eigenvalue weighted by molar-refractivity contribution is 0.0765. The molecule has 16 heavy (non-hydrogen) atoms. The van der Waals surface area contributed by atoms with Gasteiger partial charge in [0.2, 0.25) is 0 Å². The molecule has 1 aromatic heterocycles. The summed E-state index contributed by atoms with van der Waals surface area (Å²) in [4.78, 5) is 21.3. The number of aromatic nitrogens is 2. The largest absolute Gasteiger partial charge is 0.335 e. The van der Waals surface area contributed by atoms with Crippen molar-refractivity contribution in [3.05, 3.63) is 23.2 Å². The SMILES string of the molecule is O=C(c1cnc(Cl)cn1)N1CCS(=O)CC1. The first-order valence-corrected chi connectivity index (χ1v) is 6.65. The van der Waals surface area contributed by atoms with Gasteiger partial charge < -0.3 is 4.90 Å². The number of hydrogen-bond acceptors (Lipinski definition) is 4. The predicted octanol–water partition coefficient (Wildman–Crippen LogP) is 0.334. The zero-order chi connectivity index (χ0) is 11.5. The van der Waals surface area contributed by atoms with Crippen molar-refractivity contribution in [1.29, 1.82) is 0 Å². The molecule has 0 aromatic carbocycles. The van der Waals surface area contributed by atoms with Gasteiger partial charge in [0.15, 0.2) is 0 Å². The van der Waals surface area contributed by atoms with E-state index in [-0.39, 0.29) is 16.8 Å². The first-order chi connectivity index (χ1) is 7.66. The standard InChI is InChI=1S/C9H10ClN3O2S/c10-8-6-11-7(5-12-8)9(14)13-1-3-16(15)4-2-13/h5-6H,1-4H2. The highest BCUT2D eigenvalue weighted by molar-refractivity contribution is 7.85. The minimum atomic E-state index is -0.789. The van der Waals surface area contributed by atoms with Crippen LogP contribution in [-0.4, -0.2) is 49.6 Å². The Morgan fingerprint density at radius 1 is 1.31 bits per heavy atom. The smallest absolute Gasteiger partial charge is 0.274 e. The molecule has 1 aliphatic rings. The number of rotatable bonds is 1. The Labute approximate surface area is 100 Å². The van der Waals surface area contributed by atoms with Crippen molar-refractivity contribution >= 4 is 28.3 Å². The second kappa shape index (κ2) is 4.88. The average molecular weight is 260 g/mol. The summed E-state index contributed by atoms with van der Waals surface area (Å²) in [5.41, 5.74) is 0.275. The van der Waals surface area contributed by atoms with Crippen molar-refractivity contribution in [3.8, 4) is 0 Å². The van der Waals surface area contributed by atoms with E-state index in [1.807, 2.05) is 0 Å². The van der Waals surface area contributed by atoms with Gasteiger partial charge in [-0.1, -0.05) is 11.6 Å². The summed E-state index contributed by atoms with van der Waals surface area (Å²) >= 11 is 5.58. The molecule has 0 unspecified atom stereocenters. The van der Waals surface area contributed by atoms with E-state index < -0.39 is 10.8 Å². The van der Waals surface area contributed by atoms with Gasteiger partial charge in [-0.3, -0.25) is 9.00 Å². The van der Waals surface area contributed by atoms with Gasteiger partial charge in [-0.25, -0.2) is 9.97 Å². The number of halogens is 1. The van der Waals surface area contributed by atoms with Gasteiger partial charge in [-0.2, -0.15) is 0 Å². The number of carbonyl (C=O) groups is 1. The molecule has 7 heteroatoms. The van der Waals surface area contributed by atoms with Gasteiger partial charge in [-0.05, 0) is 0 Å². The molecule has 0 bridgehead atoms. The first-order valence-electron chi connectivity index (χ1n) is 4.78. The van der Waals surface area contributed by atoms with Crippen LogP contribution in [0.15, 0.2) is 12.4 Å². The molecule has 5 nitrogen and oxygen atoms in total. The van der Waals surface area contributed by atoms with E-state index in [2.05, 4.69) is 9.97 Å². The Balaban J connectivity index is 2.07. The normalized spacial score (nSPS) is 17.4. The lowest BCUT2D eigenvalue weighted by atomic mass is 10.3. The minimum Gasteiger partial charge on any atom is -0.335 e. The Hall–Kier alpha value is -1.01. The van der Waals surface area contributed by atoms with Gasteiger partial charge in [0, 0.05) is 35.4 Å². The molecule has 1 aromatic rings. The monoisotopic (exact) mass is 259 g/mol. The van der Waals surface area contributed by atoms with E-state index in [9.17, 15) is 9.00 Å². The zero-order valence-corrected chi connectivity index (χ0v) is 10.00. The van der Waals surface area contributed by atoms with E-state index in [0.717, 1.165) is 0 Å². The topological polar surface area (TPSA) is 63.2 Å². The predicted molar refractivity (Wildman–Crippen MR) is 60.8 cm³/mol. The molecule has 2 rings (SSSR count). The maximum absolute atomic E-state index is 11.9. The van der Waals surface area contributed by atoms with Crippen molar-refractivity contribution in [3.63, 3.8) is 0 Å². The molecular formula is C9H10ClN3O2S. The second-order valence-electron chi connectivity index (χ2n) is 3.36. The molecule has 0 radical (unpaired) electrons. The third-order valence-electron chi connectivity index (χ3n) is 2.30. The summed E-state index contributed by atoms with van der Waals surface area (Å²) in [7, 11) is -0.789. The molecule has 0 atom stereocenters. The molecule has 0 spiro atoms. The summed E-state index contributed by atoms with van der Waals surface area (Å²) in [6.45, 7) is 1.02. The summed E-state index contributed by atoms with van der Waals surface area (Å²) in [6, 6.07) is 0. The van der Waals surface area contributed by atoms with E-state index in [1.54, 1.807) is 4.90 Å². The van der Waals surface area contributed by atoms with Crippen LogP contribution in [0, 0.1) is 0 Å². The Kier molecular flexibility index (Phi) is 3.50. The van der Waals surface area contributed by atoms with E-state index in [0.29, 0.717) is 24.6 Å². The van der Waals surface area contributed by atoms with Crippen molar-refractivity contribution in [1.82, 2.24) is 14.9 Å². The van der Waals surface area contributed by atoms with Crippen LogP contribution in [0.3, 0.4) is 0 Å². The van der Waals surface area contributed by atoms with Crippen LogP contribution in [0.5, 0.6) is 0 Å². The fourth-order valence-electron chi connectivity index (χ4n) is 1.43. The number of amides is 1. The second-order valence-corrected chi connectivity index (χ2v) is 5.45. The molecule has 0 aliphatic carbocycles. The van der Waals surface area contributed by atoms with E-state index >= 15 is 0 Å². The van der Waals surface area contributed by atoms with Crippen LogP contribution >= 0.6 is 11.6 Å². The summed E-state index contributed by atoms with van der Waals surface area (Å²) < 4.78 is 11.1. The molecule has 86 valence electrons. The summed E-state index contributed by atoms with van der Waals surface area (Å²) in [6.07, 6.45) is 2.70. The fraction of sp³-hybridized carbons (Fsp3) is 0.444. The molecule has 1 fully saturated rings. The van der Waals surface area contributed by atoms with Crippen LogP contribution in [0.1, 0.15) is 10.5 Å². The van der Waals surface area contributed by atoms with Gasteiger partial charge >= 0.3 is 0 Å². The first kappa shape index (κ1) is 11.5. The Morgan fingerprint density at radius 3 is 2.56 bits per heavy atom. The van der Waals surface area contributed by atoms with Crippen molar-refractivity contribution in [2.45, 2.75) is 0 Å². The molecule has 1 saturated heterocycles. The van der Waals surface area contributed by atoms with Gasteiger partial charge in [0.25, 0.3) is 5.91 Å². The molecule has 2 heterocycles. The third-order valence-corrected chi connectivity index (χ3v) is 3.78.